The van der Waals surface area contributed by atoms with E-state index in [-0.39, 0.29) is 17.7 Å². The van der Waals surface area contributed by atoms with Crippen molar-refractivity contribution < 1.29 is 14.5 Å². The van der Waals surface area contributed by atoms with E-state index in [0.29, 0.717) is 18.1 Å². The quantitative estimate of drug-likeness (QED) is 0.392. The van der Waals surface area contributed by atoms with Crippen LogP contribution in [0.25, 0.3) is 0 Å². The second-order valence-corrected chi connectivity index (χ2v) is 9.26. The molecule has 3 aliphatic rings. The number of amides is 2. The molecule has 1 aromatic carbocycles. The number of carbonyl (C=O) groups excluding carboxylic acids is 2. The van der Waals surface area contributed by atoms with Gasteiger partial charge in [-0.2, -0.15) is 10.1 Å². The van der Waals surface area contributed by atoms with Crippen LogP contribution in [-0.2, 0) is 9.59 Å². The minimum absolute atomic E-state index is 0.0976. The Morgan fingerprint density at radius 2 is 2.03 bits per heavy atom. The fraction of sp³-hybridized carbons (Fsp3) is 0.273. The van der Waals surface area contributed by atoms with Crippen molar-refractivity contribution >= 4 is 41.1 Å². The number of benzene rings is 1. The second-order valence-electron chi connectivity index (χ2n) is 8.14. The fourth-order valence-corrected chi connectivity index (χ4v) is 4.44. The number of amidine groups is 1. The summed E-state index contributed by atoms with van der Waals surface area (Å²) >= 11 is 1.55. The van der Waals surface area contributed by atoms with Gasteiger partial charge >= 0.3 is 0 Å². The highest BCUT2D eigenvalue weighted by molar-refractivity contribution is 7.97. The number of hydrogen-bond acceptors (Lipinski definition) is 7. The Bertz CT molecular complexity index is 1180. The molecule has 1 fully saturated rings. The van der Waals surface area contributed by atoms with Gasteiger partial charge in [-0.25, -0.2) is 4.90 Å². The Morgan fingerprint density at radius 3 is 2.70 bits per heavy atom. The van der Waals surface area contributed by atoms with Crippen molar-refractivity contribution in [3.8, 4) is 0 Å². The molecule has 0 bridgehead atoms. The highest BCUT2D eigenvalue weighted by atomic mass is 32.2. The third kappa shape index (κ3) is 4.78. The standard InChI is InChI=1S/C22H24N8O2S/c1-13-9-18(28-27-13)26-20-12-29(11-19-25-17(10-30(19)20)22(32)23-2)33-16-7-5-15(6-8-16)24-21(31)14-3-4-14/h5-10,12,14H,3-4,11H2,1-2H3,(H,23,32)(H,24,31)(H2,26,27,28)/p+1. The van der Waals surface area contributed by atoms with Crippen LogP contribution < -0.4 is 20.9 Å². The number of aryl methyl sites for hydroxylation is 1. The fourth-order valence-electron chi connectivity index (χ4n) is 3.57. The number of nitrogens with zero attached hydrogens (tertiary/aromatic N) is 3. The lowest BCUT2D eigenvalue weighted by Crippen LogP contribution is -3.10. The van der Waals surface area contributed by atoms with Gasteiger partial charge in [0, 0.05) is 35.3 Å². The number of aromatic amines is 1. The third-order valence-electron chi connectivity index (χ3n) is 5.44. The molecule has 5 rings (SSSR count). The van der Waals surface area contributed by atoms with E-state index in [2.05, 4.69) is 35.4 Å². The Morgan fingerprint density at radius 1 is 1.24 bits per heavy atom. The lowest BCUT2D eigenvalue weighted by molar-refractivity contribution is -0.699. The normalized spacial score (nSPS) is 19.3. The Labute approximate surface area is 195 Å². The number of aromatic nitrogens is 2. The number of likely N-dealkylation sites (N-methyl/N-ethyl adjacent to an activating group) is 1. The lowest BCUT2D eigenvalue weighted by Gasteiger charge is -2.27. The van der Waals surface area contributed by atoms with Crippen LogP contribution in [0.3, 0.4) is 0 Å². The molecule has 2 aliphatic heterocycles. The first-order valence-electron chi connectivity index (χ1n) is 10.7. The Balaban J connectivity index is 1.33. The van der Waals surface area contributed by atoms with Gasteiger partial charge in [-0.1, -0.05) is 0 Å². The highest BCUT2D eigenvalue weighted by Crippen LogP contribution is 2.31. The van der Waals surface area contributed by atoms with Gasteiger partial charge in [-0.3, -0.25) is 24.3 Å². The smallest absolute Gasteiger partial charge is 0.275 e. The molecule has 170 valence electrons. The molecule has 33 heavy (non-hydrogen) atoms. The van der Waals surface area contributed by atoms with Crippen LogP contribution in [0.4, 0.5) is 11.5 Å². The van der Waals surface area contributed by atoms with Gasteiger partial charge in [-0.05, 0) is 56.0 Å². The maximum atomic E-state index is 12.1. The summed E-state index contributed by atoms with van der Waals surface area (Å²) in [5.41, 5.74) is 2.13. The SMILES string of the molecule is CNC(=O)C1=C[NH+]2C(Nc3cc(C)[nH]n3)=CN(Sc3ccc(NC(=O)C4CC4)cc3)CC2=N1. The van der Waals surface area contributed by atoms with Gasteiger partial charge in [0.15, 0.2) is 11.5 Å². The molecule has 1 saturated carbocycles. The van der Waals surface area contributed by atoms with E-state index in [1.54, 1.807) is 25.2 Å². The van der Waals surface area contributed by atoms with E-state index in [4.69, 9.17) is 0 Å². The topological polar surface area (TPSA) is 119 Å². The van der Waals surface area contributed by atoms with Gasteiger partial charge in [-0.15, -0.1) is 0 Å². The van der Waals surface area contributed by atoms with Crippen molar-refractivity contribution in [2.24, 2.45) is 10.9 Å². The van der Waals surface area contributed by atoms with Crippen LogP contribution in [0.2, 0.25) is 0 Å². The minimum Gasteiger partial charge on any atom is -0.354 e. The predicted octanol–water partition coefficient (Wildman–Crippen LogP) is 1.18. The lowest BCUT2D eigenvalue weighted by atomic mass is 10.3. The third-order valence-corrected chi connectivity index (χ3v) is 6.39. The zero-order chi connectivity index (χ0) is 22.9. The molecule has 1 aromatic heterocycles. The molecule has 1 unspecified atom stereocenters. The van der Waals surface area contributed by atoms with Crippen molar-refractivity contribution in [1.82, 2.24) is 19.8 Å². The number of carbonyl (C=O) groups is 2. The van der Waals surface area contributed by atoms with Crippen LogP contribution in [-0.4, -0.2) is 45.7 Å². The van der Waals surface area contributed by atoms with E-state index in [9.17, 15) is 9.59 Å². The van der Waals surface area contributed by atoms with Gasteiger partial charge in [0.1, 0.15) is 12.7 Å². The van der Waals surface area contributed by atoms with Crippen LogP contribution >= 0.6 is 11.9 Å². The van der Waals surface area contributed by atoms with Gasteiger partial charge < -0.3 is 10.6 Å². The zero-order valence-corrected chi connectivity index (χ0v) is 19.1. The molecule has 3 heterocycles. The largest absolute Gasteiger partial charge is 0.354 e. The molecule has 11 heteroatoms. The number of hydrogen-bond donors (Lipinski definition) is 5. The van der Waals surface area contributed by atoms with Gasteiger partial charge in [0.05, 0.1) is 6.20 Å². The van der Waals surface area contributed by atoms with Crippen molar-refractivity contribution in [2.75, 3.05) is 24.2 Å². The van der Waals surface area contributed by atoms with Crippen molar-refractivity contribution in [1.29, 1.82) is 0 Å². The van der Waals surface area contributed by atoms with Crippen LogP contribution in [0, 0.1) is 12.8 Å². The van der Waals surface area contributed by atoms with Crippen molar-refractivity contribution in [2.45, 2.75) is 24.7 Å². The minimum atomic E-state index is -0.220. The van der Waals surface area contributed by atoms with Crippen molar-refractivity contribution in [3.05, 3.63) is 59.9 Å². The molecule has 0 radical (unpaired) electrons. The predicted molar refractivity (Wildman–Crippen MR) is 126 cm³/mol. The number of H-pyrrole nitrogens is 1. The van der Waals surface area contributed by atoms with Gasteiger partial charge in [0.2, 0.25) is 17.6 Å². The average Bonchev–Trinajstić information content (AvgIpc) is 3.45. The maximum absolute atomic E-state index is 12.1. The summed E-state index contributed by atoms with van der Waals surface area (Å²) in [6, 6.07) is 9.71. The monoisotopic (exact) mass is 465 g/mol. The number of nitrogens with one attached hydrogen (secondary N) is 5. The number of anilines is 2. The van der Waals surface area contributed by atoms with Crippen LogP contribution in [0.5, 0.6) is 0 Å². The van der Waals surface area contributed by atoms with E-state index >= 15 is 0 Å². The highest BCUT2D eigenvalue weighted by Gasteiger charge is 2.36. The van der Waals surface area contributed by atoms with E-state index in [0.717, 1.165) is 45.7 Å². The van der Waals surface area contributed by atoms with E-state index in [1.165, 1.54) is 0 Å². The maximum Gasteiger partial charge on any atom is 0.275 e. The summed E-state index contributed by atoms with van der Waals surface area (Å²) in [6.45, 7) is 2.48. The number of rotatable bonds is 7. The molecule has 2 amide bonds. The van der Waals surface area contributed by atoms with Crippen LogP contribution in [0.1, 0.15) is 18.5 Å². The first-order chi connectivity index (χ1) is 16.0. The molecule has 10 nitrogen and oxygen atoms in total. The molecular weight excluding hydrogens is 440 g/mol. The average molecular weight is 466 g/mol. The van der Waals surface area contributed by atoms with Crippen LogP contribution in [0.15, 0.2) is 64.1 Å². The number of fused-ring (bicyclic) bond motifs is 1. The second kappa shape index (κ2) is 8.75. The van der Waals surface area contributed by atoms with E-state index < -0.39 is 0 Å². The number of aliphatic imine (C=N–C) groups is 1. The summed E-state index contributed by atoms with van der Waals surface area (Å²) in [6.07, 6.45) is 5.75. The Kier molecular flexibility index (Phi) is 5.65. The van der Waals surface area contributed by atoms with Crippen molar-refractivity contribution in [3.63, 3.8) is 0 Å². The molecule has 1 atom stereocenters. The molecular formula is C22H25N8O2S+. The summed E-state index contributed by atoms with van der Waals surface area (Å²) in [7, 11) is 1.59. The summed E-state index contributed by atoms with van der Waals surface area (Å²) < 4.78 is 2.06. The summed E-state index contributed by atoms with van der Waals surface area (Å²) in [4.78, 5) is 30.6. The first-order valence-corrected chi connectivity index (χ1v) is 11.5. The Hall–Kier alpha value is -3.57. The molecule has 1 aliphatic carbocycles. The zero-order valence-electron chi connectivity index (χ0n) is 18.3. The summed E-state index contributed by atoms with van der Waals surface area (Å²) in [5, 5.41) is 16.1. The summed E-state index contributed by atoms with van der Waals surface area (Å²) in [5.74, 6) is 2.36. The van der Waals surface area contributed by atoms with E-state index in [1.807, 2.05) is 43.5 Å². The first kappa shape index (κ1) is 21.3. The van der Waals surface area contributed by atoms with Gasteiger partial charge in [0.25, 0.3) is 5.91 Å². The molecule has 0 spiro atoms. The molecule has 5 N–H and O–H groups in total. The number of quaternary nitrogens is 1. The molecule has 0 saturated heterocycles. The molecule has 2 aromatic rings.